The van der Waals surface area contributed by atoms with E-state index in [0.717, 1.165) is 17.7 Å². The van der Waals surface area contributed by atoms with Crippen LogP contribution >= 0.6 is 0 Å². The Kier molecular flexibility index (Phi) is 6.46. The number of anilines is 1. The summed E-state index contributed by atoms with van der Waals surface area (Å²) in [6, 6.07) is 4.99. The zero-order chi connectivity index (χ0) is 18.4. The summed E-state index contributed by atoms with van der Waals surface area (Å²) in [4.78, 5) is 9.53. The van der Waals surface area contributed by atoms with Crippen LogP contribution in [0, 0.1) is 35.6 Å². The van der Waals surface area contributed by atoms with E-state index < -0.39 is 22.2 Å². The molecule has 2 rings (SSSR count). The van der Waals surface area contributed by atoms with E-state index in [2.05, 4.69) is 0 Å². The smallest absolute Gasteiger partial charge is 0.308 e. The van der Waals surface area contributed by atoms with Crippen molar-refractivity contribution in [1.82, 2.24) is 0 Å². The molecule has 6 nitrogen and oxygen atoms in total. The minimum atomic E-state index is -0.844. The Hall–Kier alpha value is -2.90. The molecule has 0 saturated carbocycles. The highest BCUT2D eigenvalue weighted by Crippen LogP contribution is 2.26. The van der Waals surface area contributed by atoms with Crippen molar-refractivity contribution in [3.05, 3.63) is 57.1 Å². The average Bonchev–Trinajstić information content (AvgIpc) is 2.51. The fourth-order valence-corrected chi connectivity index (χ4v) is 1.89. The van der Waals surface area contributed by atoms with Crippen LogP contribution < -0.4 is 15.2 Å². The molecule has 0 unspecified atom stereocenters. The van der Waals surface area contributed by atoms with Gasteiger partial charge in [-0.2, -0.15) is 4.39 Å². The summed E-state index contributed by atoms with van der Waals surface area (Å²) >= 11 is 0. The van der Waals surface area contributed by atoms with Crippen LogP contribution in [0.15, 0.2) is 24.3 Å². The molecule has 0 amide bonds. The van der Waals surface area contributed by atoms with Crippen LogP contribution in [0.25, 0.3) is 0 Å². The van der Waals surface area contributed by atoms with E-state index in [1.54, 1.807) is 13.8 Å². The van der Waals surface area contributed by atoms with E-state index >= 15 is 0 Å². The molecule has 0 heterocycles. The van der Waals surface area contributed by atoms with Gasteiger partial charge in [0.2, 0.25) is 5.82 Å². The lowest BCUT2D eigenvalue weighted by Crippen LogP contribution is -1.95. The zero-order valence-corrected chi connectivity index (χ0v) is 13.7. The topological polar surface area (TPSA) is 87.6 Å². The van der Waals surface area contributed by atoms with E-state index in [1.807, 2.05) is 0 Å². The molecule has 2 aromatic rings. The maximum atomic E-state index is 12.9. The van der Waals surface area contributed by atoms with Crippen molar-refractivity contribution in [2.24, 2.45) is 0 Å². The summed E-state index contributed by atoms with van der Waals surface area (Å²) in [7, 11) is 2.91. The Bertz CT molecular complexity index is 751. The van der Waals surface area contributed by atoms with Crippen molar-refractivity contribution in [3.8, 4) is 11.5 Å². The molecule has 2 N–H and O–H groups in total. The fourth-order valence-electron chi connectivity index (χ4n) is 1.89. The van der Waals surface area contributed by atoms with Gasteiger partial charge in [0.05, 0.1) is 30.9 Å². The number of nitrogens with zero attached hydrogens (tertiary/aromatic N) is 1. The van der Waals surface area contributed by atoms with Crippen molar-refractivity contribution < 1.29 is 23.2 Å². The van der Waals surface area contributed by atoms with E-state index in [0.29, 0.717) is 17.1 Å². The second-order valence-corrected chi connectivity index (χ2v) is 4.87. The van der Waals surface area contributed by atoms with Gasteiger partial charge in [-0.25, -0.2) is 4.39 Å². The molecule has 0 aliphatic heterocycles. The summed E-state index contributed by atoms with van der Waals surface area (Å²) in [5.74, 6) is -0.316. The minimum Gasteiger partial charge on any atom is -0.496 e. The Balaban J connectivity index is 0.000000243. The second-order valence-electron chi connectivity index (χ2n) is 4.87. The number of ether oxygens (including phenoxy) is 2. The predicted octanol–water partition coefficient (Wildman–Crippen LogP) is 3.78. The Morgan fingerprint density at radius 1 is 0.958 bits per heavy atom. The first-order valence-electron chi connectivity index (χ1n) is 6.79. The first-order chi connectivity index (χ1) is 11.2. The van der Waals surface area contributed by atoms with Gasteiger partial charge in [-0.3, -0.25) is 10.1 Å². The molecule has 0 spiro atoms. The van der Waals surface area contributed by atoms with Gasteiger partial charge in [-0.1, -0.05) is 0 Å². The van der Waals surface area contributed by atoms with Crippen LogP contribution in [-0.4, -0.2) is 19.1 Å². The predicted molar refractivity (Wildman–Crippen MR) is 86.4 cm³/mol. The summed E-state index contributed by atoms with van der Waals surface area (Å²) in [6.07, 6.45) is 0. The van der Waals surface area contributed by atoms with Crippen LogP contribution in [-0.2, 0) is 0 Å². The highest BCUT2D eigenvalue weighted by Gasteiger charge is 2.16. The van der Waals surface area contributed by atoms with Crippen LogP contribution in [0.1, 0.15) is 11.1 Å². The van der Waals surface area contributed by atoms with E-state index in [9.17, 15) is 18.9 Å². The standard InChI is InChI=1S/C8H8FNO3.C8H10FNO/c1-5-3-6(9)7(10(11)12)4-8(5)13-2;1-5-3-6(9)7(10)4-8(5)11-2/h3-4H,1-2H3;3-4H,10H2,1-2H3. The highest BCUT2D eigenvalue weighted by molar-refractivity contribution is 5.49. The monoisotopic (exact) mass is 340 g/mol. The lowest BCUT2D eigenvalue weighted by molar-refractivity contribution is -0.387. The molecular formula is C16H18F2N2O4. The van der Waals surface area contributed by atoms with Gasteiger partial charge >= 0.3 is 5.69 Å². The lowest BCUT2D eigenvalue weighted by atomic mass is 10.2. The maximum absolute atomic E-state index is 12.9. The van der Waals surface area contributed by atoms with Crippen LogP contribution in [0.3, 0.4) is 0 Å². The van der Waals surface area contributed by atoms with Crippen molar-refractivity contribution >= 4 is 11.4 Å². The zero-order valence-electron chi connectivity index (χ0n) is 13.7. The third-order valence-electron chi connectivity index (χ3n) is 3.18. The number of nitrogens with two attached hydrogens (primary N) is 1. The molecule has 0 radical (unpaired) electrons. The first-order valence-corrected chi connectivity index (χ1v) is 6.79. The lowest BCUT2D eigenvalue weighted by Gasteiger charge is -2.05. The quantitative estimate of drug-likeness (QED) is 0.522. The highest BCUT2D eigenvalue weighted by atomic mass is 19.1. The normalized spacial score (nSPS) is 9.75. The molecule has 0 saturated heterocycles. The summed E-state index contributed by atoms with van der Waals surface area (Å²) in [6.45, 7) is 3.38. The van der Waals surface area contributed by atoms with Crippen molar-refractivity contribution in [1.29, 1.82) is 0 Å². The average molecular weight is 340 g/mol. The fraction of sp³-hybridized carbons (Fsp3) is 0.250. The van der Waals surface area contributed by atoms with Gasteiger partial charge in [0.1, 0.15) is 17.3 Å². The number of hydrogen-bond donors (Lipinski definition) is 1. The number of aryl methyl sites for hydroxylation is 2. The largest absolute Gasteiger partial charge is 0.496 e. The molecule has 8 heteroatoms. The number of nitro benzene ring substituents is 1. The molecule has 24 heavy (non-hydrogen) atoms. The number of methoxy groups -OCH3 is 2. The number of nitrogen functional groups attached to an aromatic ring is 1. The molecule has 2 aromatic carbocycles. The minimum absolute atomic E-state index is 0.118. The Labute approximate surface area is 138 Å². The first kappa shape index (κ1) is 19.1. The third kappa shape index (κ3) is 4.55. The molecule has 0 bridgehead atoms. The number of hydrogen-bond acceptors (Lipinski definition) is 5. The Morgan fingerprint density at radius 3 is 1.88 bits per heavy atom. The van der Waals surface area contributed by atoms with Crippen LogP contribution in [0.5, 0.6) is 11.5 Å². The molecule has 0 atom stereocenters. The van der Waals surface area contributed by atoms with Crippen LogP contribution in [0.4, 0.5) is 20.2 Å². The molecule has 130 valence electrons. The maximum Gasteiger partial charge on any atom is 0.308 e. The van der Waals surface area contributed by atoms with E-state index in [-0.39, 0.29) is 5.69 Å². The number of halogens is 2. The van der Waals surface area contributed by atoms with Gasteiger partial charge in [0, 0.05) is 6.07 Å². The molecule has 0 aromatic heterocycles. The number of benzene rings is 2. The molecule has 0 aliphatic carbocycles. The molecule has 0 aliphatic rings. The summed E-state index contributed by atoms with van der Waals surface area (Å²) in [5.41, 5.74) is 6.14. The van der Waals surface area contributed by atoms with Gasteiger partial charge in [0.15, 0.2) is 0 Å². The number of nitro groups is 1. The summed E-state index contributed by atoms with van der Waals surface area (Å²) < 4.78 is 35.4. The third-order valence-corrected chi connectivity index (χ3v) is 3.18. The SMILES string of the molecule is COc1cc(N)c(F)cc1C.COc1cc([N+](=O)[O-])c(F)cc1C. The van der Waals surface area contributed by atoms with Gasteiger partial charge in [0.25, 0.3) is 0 Å². The summed E-state index contributed by atoms with van der Waals surface area (Å²) in [5, 5.41) is 10.3. The van der Waals surface area contributed by atoms with E-state index in [4.69, 9.17) is 15.2 Å². The Morgan fingerprint density at radius 2 is 1.42 bits per heavy atom. The van der Waals surface area contributed by atoms with Gasteiger partial charge in [-0.05, 0) is 37.1 Å². The molecule has 0 fully saturated rings. The molecular weight excluding hydrogens is 322 g/mol. The van der Waals surface area contributed by atoms with Crippen LogP contribution in [0.2, 0.25) is 0 Å². The van der Waals surface area contributed by atoms with Gasteiger partial charge < -0.3 is 15.2 Å². The number of rotatable bonds is 3. The van der Waals surface area contributed by atoms with Gasteiger partial charge in [-0.15, -0.1) is 0 Å². The van der Waals surface area contributed by atoms with Crippen molar-refractivity contribution in [2.75, 3.05) is 20.0 Å². The van der Waals surface area contributed by atoms with Crippen molar-refractivity contribution in [3.63, 3.8) is 0 Å². The second kappa shape index (κ2) is 8.09. The van der Waals surface area contributed by atoms with E-state index in [1.165, 1.54) is 26.4 Å². The van der Waals surface area contributed by atoms with Crippen molar-refractivity contribution in [2.45, 2.75) is 13.8 Å².